The summed E-state index contributed by atoms with van der Waals surface area (Å²) in [7, 11) is 0. The molecule has 0 N–H and O–H groups in total. The molecule has 0 radical (unpaired) electrons. The second kappa shape index (κ2) is 5.19. The zero-order valence-electron chi connectivity index (χ0n) is 13.2. The topological polar surface area (TPSA) is 68.3 Å². The number of aryl methyl sites for hydroxylation is 2. The van der Waals surface area contributed by atoms with Gasteiger partial charge in [-0.05, 0) is 19.1 Å². The zero-order chi connectivity index (χ0) is 16.0. The maximum atomic E-state index is 12.8. The van der Waals surface area contributed by atoms with Crippen LogP contribution >= 0.6 is 0 Å². The quantitative estimate of drug-likeness (QED) is 0.718. The van der Waals surface area contributed by atoms with Gasteiger partial charge in [0, 0.05) is 31.4 Å². The summed E-state index contributed by atoms with van der Waals surface area (Å²) in [5, 5.41) is 8.39. The molecule has 0 unspecified atom stereocenters. The molecule has 1 aliphatic rings. The molecule has 118 valence electrons. The molecule has 7 nitrogen and oxygen atoms in total. The van der Waals surface area contributed by atoms with Gasteiger partial charge in [-0.15, -0.1) is 10.2 Å². The van der Waals surface area contributed by atoms with Crippen LogP contribution in [0.5, 0.6) is 0 Å². The van der Waals surface area contributed by atoms with Crippen molar-refractivity contribution in [1.82, 2.24) is 29.0 Å². The molecule has 4 heterocycles. The van der Waals surface area contributed by atoms with Gasteiger partial charge in [-0.2, -0.15) is 0 Å². The summed E-state index contributed by atoms with van der Waals surface area (Å²) in [6.45, 7) is 5.94. The summed E-state index contributed by atoms with van der Waals surface area (Å²) in [6, 6.07) is 5.85. The lowest BCUT2D eigenvalue weighted by Gasteiger charge is -2.27. The number of nitrogens with zero attached hydrogens (tertiary/aromatic N) is 6. The van der Waals surface area contributed by atoms with Gasteiger partial charge in [0.2, 0.25) is 0 Å². The Bertz CT molecular complexity index is 893. The highest BCUT2D eigenvalue weighted by Crippen LogP contribution is 2.16. The molecular weight excluding hydrogens is 292 g/mol. The molecular formula is C16H18N6O. The van der Waals surface area contributed by atoms with Crippen molar-refractivity contribution in [2.24, 2.45) is 0 Å². The van der Waals surface area contributed by atoms with Crippen LogP contribution in [-0.4, -0.2) is 41.5 Å². The number of aromatic nitrogens is 5. The minimum atomic E-state index is -0.0552. The van der Waals surface area contributed by atoms with E-state index >= 15 is 0 Å². The molecule has 1 aliphatic heterocycles. The SMILES string of the molecule is CCc1nnc2n1CCN(C(=O)c1cn3c(C)cccc3n1)C2. The molecule has 0 spiro atoms. The zero-order valence-corrected chi connectivity index (χ0v) is 13.2. The molecule has 3 aromatic rings. The monoisotopic (exact) mass is 310 g/mol. The van der Waals surface area contributed by atoms with Crippen molar-refractivity contribution in [2.75, 3.05) is 6.54 Å². The first-order valence-corrected chi connectivity index (χ1v) is 7.82. The molecule has 0 bridgehead atoms. The first kappa shape index (κ1) is 13.9. The molecule has 23 heavy (non-hydrogen) atoms. The maximum absolute atomic E-state index is 12.8. The number of rotatable bonds is 2. The van der Waals surface area contributed by atoms with E-state index in [1.807, 2.05) is 35.7 Å². The van der Waals surface area contributed by atoms with Crippen LogP contribution in [0.2, 0.25) is 0 Å². The third-order valence-electron chi connectivity index (χ3n) is 4.35. The Morgan fingerprint density at radius 1 is 1.26 bits per heavy atom. The lowest BCUT2D eigenvalue weighted by molar-refractivity contribution is 0.0701. The van der Waals surface area contributed by atoms with Gasteiger partial charge in [0.15, 0.2) is 5.82 Å². The Labute approximate surface area is 133 Å². The second-order valence-electron chi connectivity index (χ2n) is 5.79. The Morgan fingerprint density at radius 2 is 2.13 bits per heavy atom. The summed E-state index contributed by atoms with van der Waals surface area (Å²) in [4.78, 5) is 19.0. The van der Waals surface area contributed by atoms with Gasteiger partial charge in [0.25, 0.3) is 5.91 Å². The molecule has 0 fully saturated rings. The number of hydrogen-bond donors (Lipinski definition) is 0. The highest BCUT2D eigenvalue weighted by molar-refractivity contribution is 5.93. The van der Waals surface area contributed by atoms with Crippen LogP contribution in [0, 0.1) is 6.92 Å². The fourth-order valence-electron chi connectivity index (χ4n) is 3.07. The van der Waals surface area contributed by atoms with Crippen LogP contribution in [0.15, 0.2) is 24.4 Å². The van der Waals surface area contributed by atoms with Crippen LogP contribution in [0.1, 0.15) is 34.8 Å². The lowest BCUT2D eigenvalue weighted by atomic mass is 10.3. The van der Waals surface area contributed by atoms with E-state index < -0.39 is 0 Å². The second-order valence-corrected chi connectivity index (χ2v) is 5.79. The molecule has 0 aromatic carbocycles. The maximum Gasteiger partial charge on any atom is 0.274 e. The highest BCUT2D eigenvalue weighted by Gasteiger charge is 2.26. The van der Waals surface area contributed by atoms with Crippen molar-refractivity contribution in [3.05, 3.63) is 47.4 Å². The molecule has 0 atom stereocenters. The van der Waals surface area contributed by atoms with Crippen LogP contribution in [-0.2, 0) is 19.5 Å². The molecule has 1 amide bonds. The fraction of sp³-hybridized carbons (Fsp3) is 0.375. The van der Waals surface area contributed by atoms with Crippen LogP contribution < -0.4 is 0 Å². The van der Waals surface area contributed by atoms with E-state index in [0.29, 0.717) is 18.8 Å². The third-order valence-corrected chi connectivity index (χ3v) is 4.35. The number of pyridine rings is 1. The van der Waals surface area contributed by atoms with Crippen molar-refractivity contribution in [1.29, 1.82) is 0 Å². The van der Waals surface area contributed by atoms with Crippen molar-refractivity contribution < 1.29 is 4.79 Å². The van der Waals surface area contributed by atoms with Gasteiger partial charge >= 0.3 is 0 Å². The largest absolute Gasteiger partial charge is 0.328 e. The molecule has 7 heteroatoms. The number of fused-ring (bicyclic) bond motifs is 2. The average molecular weight is 310 g/mol. The van der Waals surface area contributed by atoms with Gasteiger partial charge in [-0.25, -0.2) is 4.98 Å². The average Bonchev–Trinajstić information content (AvgIpc) is 3.18. The van der Waals surface area contributed by atoms with Gasteiger partial charge in [-0.1, -0.05) is 13.0 Å². The Hall–Kier alpha value is -2.70. The molecule has 0 saturated carbocycles. The van der Waals surface area contributed by atoms with Crippen molar-refractivity contribution >= 4 is 11.6 Å². The summed E-state index contributed by atoms with van der Waals surface area (Å²) >= 11 is 0. The molecule has 0 saturated heterocycles. The number of hydrogen-bond acceptors (Lipinski definition) is 4. The van der Waals surface area contributed by atoms with Crippen molar-refractivity contribution in [3.63, 3.8) is 0 Å². The molecule has 0 aliphatic carbocycles. The van der Waals surface area contributed by atoms with Crippen molar-refractivity contribution in [3.8, 4) is 0 Å². The summed E-state index contributed by atoms with van der Waals surface area (Å²) in [5.74, 6) is 1.78. The van der Waals surface area contributed by atoms with Crippen LogP contribution in [0.25, 0.3) is 5.65 Å². The predicted octanol–water partition coefficient (Wildman–Crippen LogP) is 1.45. The van der Waals surface area contributed by atoms with Gasteiger partial charge in [0.05, 0.1) is 6.54 Å². The van der Waals surface area contributed by atoms with E-state index in [9.17, 15) is 4.79 Å². The summed E-state index contributed by atoms with van der Waals surface area (Å²) in [5.41, 5.74) is 2.32. The standard InChI is InChI=1S/C16H18N6O/c1-3-13-18-19-15-10-20(7-8-21(13)15)16(23)12-9-22-11(2)5-4-6-14(22)17-12/h4-6,9H,3,7-8,10H2,1-2H3. The molecule has 4 rings (SSSR count). The number of carbonyl (C=O) groups excluding carboxylic acids is 1. The number of amides is 1. The van der Waals surface area contributed by atoms with Crippen LogP contribution in [0.3, 0.4) is 0 Å². The smallest absolute Gasteiger partial charge is 0.274 e. The first-order chi connectivity index (χ1) is 11.2. The summed E-state index contributed by atoms with van der Waals surface area (Å²) in [6.07, 6.45) is 2.66. The van der Waals surface area contributed by atoms with E-state index in [-0.39, 0.29) is 5.91 Å². The third kappa shape index (κ3) is 2.19. The first-order valence-electron chi connectivity index (χ1n) is 7.82. The predicted molar refractivity (Wildman–Crippen MR) is 84.1 cm³/mol. The van der Waals surface area contributed by atoms with E-state index in [1.54, 1.807) is 4.90 Å². The molecule has 3 aromatic heterocycles. The minimum Gasteiger partial charge on any atom is -0.328 e. The van der Waals surface area contributed by atoms with Gasteiger partial charge < -0.3 is 13.9 Å². The Kier molecular flexibility index (Phi) is 3.14. The fourth-order valence-corrected chi connectivity index (χ4v) is 3.07. The summed E-state index contributed by atoms with van der Waals surface area (Å²) < 4.78 is 4.05. The van der Waals surface area contributed by atoms with E-state index in [0.717, 1.165) is 36.0 Å². The van der Waals surface area contributed by atoms with Crippen molar-refractivity contribution in [2.45, 2.75) is 33.4 Å². The van der Waals surface area contributed by atoms with E-state index in [2.05, 4.69) is 26.7 Å². The Balaban J connectivity index is 1.62. The lowest BCUT2D eigenvalue weighted by Crippen LogP contribution is -2.39. The number of carbonyl (C=O) groups is 1. The minimum absolute atomic E-state index is 0.0552. The van der Waals surface area contributed by atoms with Crippen LogP contribution in [0.4, 0.5) is 0 Å². The van der Waals surface area contributed by atoms with E-state index in [4.69, 9.17) is 0 Å². The van der Waals surface area contributed by atoms with Gasteiger partial charge in [0.1, 0.15) is 17.2 Å². The highest BCUT2D eigenvalue weighted by atomic mass is 16.2. The van der Waals surface area contributed by atoms with Gasteiger partial charge in [-0.3, -0.25) is 4.79 Å². The Morgan fingerprint density at radius 3 is 2.91 bits per heavy atom. The van der Waals surface area contributed by atoms with E-state index in [1.165, 1.54) is 0 Å². The normalized spacial score (nSPS) is 14.3. The number of imidazole rings is 1.